The van der Waals surface area contributed by atoms with Crippen molar-refractivity contribution in [3.63, 3.8) is 0 Å². The third-order valence-electron chi connectivity index (χ3n) is 2.24. The summed E-state index contributed by atoms with van der Waals surface area (Å²) < 4.78 is 0. The zero-order valence-electron chi connectivity index (χ0n) is 11.1. The van der Waals surface area contributed by atoms with Crippen molar-refractivity contribution in [1.82, 2.24) is 10.2 Å². The lowest BCUT2D eigenvalue weighted by Gasteiger charge is -2.28. The molecule has 0 aliphatic heterocycles. The molecule has 0 saturated heterocycles. The van der Waals surface area contributed by atoms with Gasteiger partial charge in [0.2, 0.25) is 11.8 Å². The molecular weight excluding hydrogens is 220 g/mol. The molecule has 0 aromatic carbocycles. The van der Waals surface area contributed by atoms with Crippen molar-refractivity contribution in [3.8, 4) is 0 Å². The first kappa shape index (κ1) is 15.9. The molecule has 2 amide bonds. The molecule has 0 radical (unpaired) electrons. The van der Waals surface area contributed by atoms with E-state index in [0.29, 0.717) is 6.54 Å². The van der Waals surface area contributed by atoms with E-state index in [1.807, 2.05) is 27.9 Å². The van der Waals surface area contributed by atoms with E-state index in [2.05, 4.69) is 10.2 Å². The Morgan fingerprint density at radius 3 is 2.29 bits per heavy atom. The minimum Gasteiger partial charge on any atom is -0.370 e. The first-order valence-corrected chi connectivity index (χ1v) is 5.60. The molecule has 100 valence electrons. The third-order valence-corrected chi connectivity index (χ3v) is 2.24. The number of amides is 2. The molecule has 0 aliphatic carbocycles. The standard InChI is InChI=1S/C11H24N4O2/c1-11(2,7-15(3)4)6-14-10(17)8(12)5-9(13)16/h8H,5-7,12H2,1-4H3,(H2,13,16)(H,14,17). The quantitative estimate of drug-likeness (QED) is 0.528. The van der Waals surface area contributed by atoms with E-state index in [9.17, 15) is 9.59 Å². The van der Waals surface area contributed by atoms with Crippen LogP contribution in [0.15, 0.2) is 0 Å². The lowest BCUT2D eigenvalue weighted by molar-refractivity contribution is -0.126. The van der Waals surface area contributed by atoms with E-state index in [4.69, 9.17) is 11.5 Å². The van der Waals surface area contributed by atoms with Gasteiger partial charge in [-0.25, -0.2) is 0 Å². The minimum atomic E-state index is -0.859. The summed E-state index contributed by atoms with van der Waals surface area (Å²) in [6, 6.07) is -0.859. The van der Waals surface area contributed by atoms with E-state index in [1.165, 1.54) is 0 Å². The summed E-state index contributed by atoms with van der Waals surface area (Å²) in [6.45, 7) is 5.45. The molecule has 0 aromatic rings. The number of carbonyl (C=O) groups excluding carboxylic acids is 2. The summed E-state index contributed by atoms with van der Waals surface area (Å²) in [5.74, 6) is -0.907. The molecule has 0 aliphatic rings. The molecule has 6 heteroatoms. The molecule has 0 aromatic heterocycles. The van der Waals surface area contributed by atoms with Gasteiger partial charge in [0.25, 0.3) is 0 Å². The topological polar surface area (TPSA) is 101 Å². The second-order valence-corrected chi connectivity index (χ2v) is 5.40. The molecule has 0 bridgehead atoms. The predicted molar refractivity (Wildman–Crippen MR) is 67.1 cm³/mol. The third kappa shape index (κ3) is 7.70. The Morgan fingerprint density at radius 2 is 1.88 bits per heavy atom. The summed E-state index contributed by atoms with van der Waals surface area (Å²) in [7, 11) is 3.95. The van der Waals surface area contributed by atoms with Crippen LogP contribution < -0.4 is 16.8 Å². The SMILES string of the molecule is CN(C)CC(C)(C)CNC(=O)C(N)CC(N)=O. The van der Waals surface area contributed by atoms with Crippen LogP contribution in [0.1, 0.15) is 20.3 Å². The van der Waals surface area contributed by atoms with Gasteiger partial charge in [0.15, 0.2) is 0 Å². The zero-order valence-corrected chi connectivity index (χ0v) is 11.1. The smallest absolute Gasteiger partial charge is 0.237 e. The number of nitrogens with two attached hydrogens (primary N) is 2. The van der Waals surface area contributed by atoms with Crippen LogP contribution in [0.25, 0.3) is 0 Å². The molecule has 0 rings (SSSR count). The number of carbonyl (C=O) groups is 2. The average molecular weight is 244 g/mol. The number of nitrogens with zero attached hydrogens (tertiary/aromatic N) is 1. The highest BCUT2D eigenvalue weighted by atomic mass is 16.2. The predicted octanol–water partition coefficient (Wildman–Crippen LogP) is -1.11. The number of hydrogen-bond acceptors (Lipinski definition) is 4. The first-order valence-electron chi connectivity index (χ1n) is 5.60. The molecule has 0 saturated carbocycles. The highest BCUT2D eigenvalue weighted by Gasteiger charge is 2.22. The maximum atomic E-state index is 11.6. The second kappa shape index (κ2) is 6.56. The molecule has 0 spiro atoms. The fourth-order valence-electron chi connectivity index (χ4n) is 1.68. The van der Waals surface area contributed by atoms with Gasteiger partial charge in [-0.3, -0.25) is 9.59 Å². The highest BCUT2D eigenvalue weighted by molar-refractivity contribution is 5.87. The van der Waals surface area contributed by atoms with Crippen molar-refractivity contribution in [3.05, 3.63) is 0 Å². The number of rotatable bonds is 7. The van der Waals surface area contributed by atoms with Gasteiger partial charge in [-0.05, 0) is 19.5 Å². The minimum absolute atomic E-state index is 0.0500. The number of primary amides is 1. The molecule has 1 atom stereocenters. The van der Waals surface area contributed by atoms with Crippen molar-refractivity contribution < 1.29 is 9.59 Å². The van der Waals surface area contributed by atoms with E-state index in [-0.39, 0.29) is 17.7 Å². The first-order chi connectivity index (χ1) is 7.64. The second-order valence-electron chi connectivity index (χ2n) is 5.40. The lowest BCUT2D eigenvalue weighted by Crippen LogP contribution is -2.47. The fraction of sp³-hybridized carbons (Fsp3) is 0.818. The Kier molecular flexibility index (Phi) is 6.12. The Morgan fingerprint density at radius 1 is 1.35 bits per heavy atom. The van der Waals surface area contributed by atoms with Crippen LogP contribution in [0, 0.1) is 5.41 Å². The Bertz CT molecular complexity index is 277. The van der Waals surface area contributed by atoms with Crippen molar-refractivity contribution in [2.75, 3.05) is 27.2 Å². The maximum absolute atomic E-state index is 11.6. The van der Waals surface area contributed by atoms with Crippen LogP contribution in [0.5, 0.6) is 0 Å². The van der Waals surface area contributed by atoms with Crippen molar-refractivity contribution in [2.24, 2.45) is 16.9 Å². The molecule has 0 heterocycles. The van der Waals surface area contributed by atoms with E-state index in [1.54, 1.807) is 0 Å². The molecule has 6 nitrogen and oxygen atoms in total. The van der Waals surface area contributed by atoms with Gasteiger partial charge in [-0.1, -0.05) is 13.8 Å². The van der Waals surface area contributed by atoms with Crippen molar-refractivity contribution >= 4 is 11.8 Å². The largest absolute Gasteiger partial charge is 0.370 e. The van der Waals surface area contributed by atoms with Gasteiger partial charge in [0, 0.05) is 13.1 Å². The normalized spacial score (nSPS) is 13.5. The summed E-state index contributed by atoms with van der Waals surface area (Å²) in [5, 5.41) is 2.74. The Balaban J connectivity index is 4.10. The average Bonchev–Trinajstić information content (AvgIpc) is 2.11. The van der Waals surface area contributed by atoms with E-state index >= 15 is 0 Å². The number of nitrogens with one attached hydrogen (secondary N) is 1. The van der Waals surface area contributed by atoms with Crippen LogP contribution >= 0.6 is 0 Å². The molecule has 0 fully saturated rings. The van der Waals surface area contributed by atoms with Gasteiger partial charge in [-0.2, -0.15) is 0 Å². The van der Waals surface area contributed by atoms with Gasteiger partial charge in [0.05, 0.1) is 12.5 Å². The lowest BCUT2D eigenvalue weighted by atomic mass is 9.93. The summed E-state index contributed by atoms with van der Waals surface area (Å²) >= 11 is 0. The van der Waals surface area contributed by atoms with Gasteiger partial charge in [0.1, 0.15) is 0 Å². The van der Waals surface area contributed by atoms with Crippen molar-refractivity contribution in [1.29, 1.82) is 0 Å². The maximum Gasteiger partial charge on any atom is 0.237 e. The molecule has 17 heavy (non-hydrogen) atoms. The van der Waals surface area contributed by atoms with Crippen molar-refractivity contribution in [2.45, 2.75) is 26.3 Å². The number of hydrogen-bond donors (Lipinski definition) is 3. The molecule has 1 unspecified atom stereocenters. The highest BCUT2D eigenvalue weighted by Crippen LogP contribution is 2.14. The summed E-state index contributed by atoms with van der Waals surface area (Å²) in [6.07, 6.45) is -0.125. The Labute approximate surface area is 103 Å². The van der Waals surface area contributed by atoms with E-state index < -0.39 is 11.9 Å². The van der Waals surface area contributed by atoms with Crippen LogP contribution in [-0.2, 0) is 9.59 Å². The zero-order chi connectivity index (χ0) is 13.6. The fourth-order valence-corrected chi connectivity index (χ4v) is 1.68. The van der Waals surface area contributed by atoms with Crippen LogP contribution in [0.3, 0.4) is 0 Å². The Hall–Kier alpha value is -1.14. The molecule has 5 N–H and O–H groups in total. The van der Waals surface area contributed by atoms with Crippen LogP contribution in [0.4, 0.5) is 0 Å². The van der Waals surface area contributed by atoms with Crippen LogP contribution in [-0.4, -0.2) is 49.9 Å². The van der Waals surface area contributed by atoms with Gasteiger partial charge in [-0.15, -0.1) is 0 Å². The van der Waals surface area contributed by atoms with Crippen LogP contribution in [0.2, 0.25) is 0 Å². The monoisotopic (exact) mass is 244 g/mol. The summed E-state index contributed by atoms with van der Waals surface area (Å²) in [5.41, 5.74) is 10.4. The van der Waals surface area contributed by atoms with Gasteiger partial charge >= 0.3 is 0 Å². The summed E-state index contributed by atoms with van der Waals surface area (Å²) in [4.78, 5) is 24.2. The van der Waals surface area contributed by atoms with E-state index in [0.717, 1.165) is 6.54 Å². The molecular formula is C11H24N4O2. The van der Waals surface area contributed by atoms with Gasteiger partial charge < -0.3 is 21.7 Å².